The van der Waals surface area contributed by atoms with Crippen LogP contribution in [-0.2, 0) is 0 Å². The molecule has 0 atom stereocenters. The standard InChI is InChI=1S/C10H7NO3/c1-6(13)9-2-7(4-11)8(5-12)3-10(9)14/h2-3,5,14H,1H3. The van der Waals surface area contributed by atoms with Crippen LogP contribution < -0.4 is 0 Å². The van der Waals surface area contributed by atoms with E-state index in [0.29, 0.717) is 6.29 Å². The summed E-state index contributed by atoms with van der Waals surface area (Å²) in [5.74, 6) is -0.630. The first kappa shape index (κ1) is 9.93. The zero-order chi connectivity index (χ0) is 10.7. The van der Waals surface area contributed by atoms with Crippen LogP contribution in [0.1, 0.15) is 33.2 Å². The molecule has 0 spiro atoms. The maximum Gasteiger partial charge on any atom is 0.163 e. The molecule has 0 aliphatic rings. The van der Waals surface area contributed by atoms with Crippen molar-refractivity contribution in [3.05, 3.63) is 28.8 Å². The second-order valence-electron chi connectivity index (χ2n) is 2.74. The van der Waals surface area contributed by atoms with Crippen molar-refractivity contribution in [1.29, 1.82) is 5.26 Å². The van der Waals surface area contributed by atoms with Crippen molar-refractivity contribution in [1.82, 2.24) is 0 Å². The van der Waals surface area contributed by atoms with Crippen LogP contribution in [-0.4, -0.2) is 17.2 Å². The zero-order valence-corrected chi connectivity index (χ0v) is 7.44. The average Bonchev–Trinajstić information content (AvgIpc) is 2.16. The third kappa shape index (κ3) is 1.62. The molecule has 0 aliphatic carbocycles. The van der Waals surface area contributed by atoms with E-state index < -0.39 is 0 Å². The van der Waals surface area contributed by atoms with E-state index in [0.717, 1.165) is 6.07 Å². The molecule has 0 heterocycles. The molecule has 0 saturated carbocycles. The number of aromatic hydroxyl groups is 1. The van der Waals surface area contributed by atoms with Gasteiger partial charge in [0.05, 0.1) is 17.2 Å². The van der Waals surface area contributed by atoms with E-state index in [2.05, 4.69) is 0 Å². The zero-order valence-electron chi connectivity index (χ0n) is 7.44. The van der Waals surface area contributed by atoms with Crippen molar-refractivity contribution < 1.29 is 14.7 Å². The Balaban J connectivity index is 3.47. The molecule has 70 valence electrons. The van der Waals surface area contributed by atoms with E-state index >= 15 is 0 Å². The van der Waals surface area contributed by atoms with Crippen molar-refractivity contribution in [3.8, 4) is 11.8 Å². The van der Waals surface area contributed by atoms with Crippen molar-refractivity contribution in [2.75, 3.05) is 0 Å². The van der Waals surface area contributed by atoms with Gasteiger partial charge in [0.15, 0.2) is 12.1 Å². The van der Waals surface area contributed by atoms with Gasteiger partial charge in [0, 0.05) is 5.56 Å². The third-order valence-electron chi connectivity index (χ3n) is 1.79. The van der Waals surface area contributed by atoms with E-state index in [-0.39, 0.29) is 28.2 Å². The molecule has 4 nitrogen and oxygen atoms in total. The summed E-state index contributed by atoms with van der Waals surface area (Å²) in [6.07, 6.45) is 0.461. The third-order valence-corrected chi connectivity index (χ3v) is 1.79. The summed E-state index contributed by atoms with van der Waals surface area (Å²) in [5, 5.41) is 18.0. The molecule has 1 rings (SSSR count). The molecule has 1 aromatic carbocycles. The number of carbonyl (C=O) groups excluding carboxylic acids is 2. The van der Waals surface area contributed by atoms with Gasteiger partial charge in [0.1, 0.15) is 5.75 Å². The molecule has 1 aromatic rings. The predicted octanol–water partition coefficient (Wildman–Crippen LogP) is 1.28. The summed E-state index contributed by atoms with van der Waals surface area (Å²) in [6, 6.07) is 4.10. The number of benzene rings is 1. The molecule has 14 heavy (non-hydrogen) atoms. The van der Waals surface area contributed by atoms with Crippen molar-refractivity contribution in [3.63, 3.8) is 0 Å². The lowest BCUT2D eigenvalue weighted by Gasteiger charge is -2.02. The van der Waals surface area contributed by atoms with Crippen LogP contribution in [0.5, 0.6) is 5.75 Å². The highest BCUT2D eigenvalue weighted by atomic mass is 16.3. The fraction of sp³-hybridized carbons (Fsp3) is 0.100. The van der Waals surface area contributed by atoms with Gasteiger partial charge in [-0.25, -0.2) is 0 Å². The monoisotopic (exact) mass is 189 g/mol. The Kier molecular flexibility index (Phi) is 2.63. The summed E-state index contributed by atoms with van der Waals surface area (Å²) < 4.78 is 0. The van der Waals surface area contributed by atoms with Crippen molar-refractivity contribution in [2.24, 2.45) is 0 Å². The van der Waals surface area contributed by atoms with Gasteiger partial charge in [-0.2, -0.15) is 5.26 Å². The largest absolute Gasteiger partial charge is 0.507 e. The van der Waals surface area contributed by atoms with Gasteiger partial charge >= 0.3 is 0 Å². The summed E-state index contributed by atoms with van der Waals surface area (Å²) >= 11 is 0. The van der Waals surface area contributed by atoms with Crippen LogP contribution in [0.2, 0.25) is 0 Å². The van der Waals surface area contributed by atoms with E-state index in [4.69, 9.17) is 5.26 Å². The van der Waals surface area contributed by atoms with Gasteiger partial charge in [0.25, 0.3) is 0 Å². The van der Waals surface area contributed by atoms with Gasteiger partial charge in [-0.05, 0) is 19.1 Å². The minimum atomic E-state index is -0.351. The Hall–Kier alpha value is -2.15. The number of Topliss-reactive ketones (excluding diaryl/α,β-unsaturated/α-hetero) is 1. The number of phenols is 1. The molecule has 0 aromatic heterocycles. The fourth-order valence-electron chi connectivity index (χ4n) is 1.08. The lowest BCUT2D eigenvalue weighted by Crippen LogP contribution is -1.97. The first-order valence-corrected chi connectivity index (χ1v) is 3.83. The number of nitrogens with zero attached hydrogens (tertiary/aromatic N) is 1. The molecule has 0 bridgehead atoms. The van der Waals surface area contributed by atoms with Gasteiger partial charge < -0.3 is 5.11 Å². The quantitative estimate of drug-likeness (QED) is 0.561. The highest BCUT2D eigenvalue weighted by molar-refractivity contribution is 5.98. The number of rotatable bonds is 2. The molecule has 4 heteroatoms. The number of hydrogen-bond donors (Lipinski definition) is 1. The van der Waals surface area contributed by atoms with E-state index in [9.17, 15) is 14.7 Å². The Labute approximate surface area is 80.4 Å². The van der Waals surface area contributed by atoms with Crippen molar-refractivity contribution in [2.45, 2.75) is 6.92 Å². The Morgan fingerprint density at radius 3 is 2.64 bits per heavy atom. The normalized spacial score (nSPS) is 9.14. The first-order chi connectivity index (χ1) is 6.60. The Morgan fingerprint density at radius 2 is 2.21 bits per heavy atom. The number of carbonyl (C=O) groups is 2. The van der Waals surface area contributed by atoms with Crippen LogP contribution >= 0.6 is 0 Å². The van der Waals surface area contributed by atoms with E-state index in [1.54, 1.807) is 6.07 Å². The minimum absolute atomic E-state index is 0.0483. The highest BCUT2D eigenvalue weighted by Crippen LogP contribution is 2.21. The van der Waals surface area contributed by atoms with Gasteiger partial charge in [-0.1, -0.05) is 0 Å². The highest BCUT2D eigenvalue weighted by Gasteiger charge is 2.11. The van der Waals surface area contributed by atoms with Crippen LogP contribution in [0.15, 0.2) is 12.1 Å². The summed E-state index contributed by atoms with van der Waals surface area (Å²) in [4.78, 5) is 21.4. The molecular formula is C10H7NO3. The maximum absolute atomic E-state index is 11.0. The summed E-state index contributed by atoms with van der Waals surface area (Å²) in [7, 11) is 0. The molecule has 0 radical (unpaired) electrons. The van der Waals surface area contributed by atoms with Gasteiger partial charge in [0.2, 0.25) is 0 Å². The van der Waals surface area contributed by atoms with Crippen LogP contribution in [0.4, 0.5) is 0 Å². The molecule has 1 N–H and O–H groups in total. The number of nitriles is 1. The van der Waals surface area contributed by atoms with Crippen molar-refractivity contribution >= 4 is 12.1 Å². The van der Waals surface area contributed by atoms with E-state index in [1.165, 1.54) is 13.0 Å². The molecule has 0 amide bonds. The molecule has 0 fully saturated rings. The number of phenolic OH excluding ortho intramolecular Hbond substituents is 1. The van der Waals surface area contributed by atoms with E-state index in [1.807, 2.05) is 0 Å². The molecule has 0 saturated heterocycles. The smallest absolute Gasteiger partial charge is 0.163 e. The lowest BCUT2D eigenvalue weighted by molar-refractivity contribution is 0.101. The molecule has 0 unspecified atom stereocenters. The Morgan fingerprint density at radius 1 is 1.57 bits per heavy atom. The lowest BCUT2D eigenvalue weighted by atomic mass is 10.0. The molecule has 0 aliphatic heterocycles. The van der Waals surface area contributed by atoms with Crippen LogP contribution in [0.25, 0.3) is 0 Å². The van der Waals surface area contributed by atoms with Gasteiger partial charge in [-0.3, -0.25) is 9.59 Å². The van der Waals surface area contributed by atoms with Gasteiger partial charge in [-0.15, -0.1) is 0 Å². The predicted molar refractivity (Wildman–Crippen MR) is 48.2 cm³/mol. The number of aldehydes is 1. The Bertz CT molecular complexity index is 443. The second kappa shape index (κ2) is 3.71. The fourth-order valence-corrected chi connectivity index (χ4v) is 1.08. The summed E-state index contributed by atoms with van der Waals surface area (Å²) in [5.41, 5.74) is 0.213. The SMILES string of the molecule is CC(=O)c1cc(C#N)c(C=O)cc1O. The maximum atomic E-state index is 11.0. The van der Waals surface area contributed by atoms with Crippen LogP contribution in [0, 0.1) is 11.3 Å². The minimum Gasteiger partial charge on any atom is -0.507 e. The number of ketones is 1. The average molecular weight is 189 g/mol. The topological polar surface area (TPSA) is 78.2 Å². The number of hydrogen-bond acceptors (Lipinski definition) is 4. The molecular weight excluding hydrogens is 182 g/mol. The second-order valence-corrected chi connectivity index (χ2v) is 2.74. The summed E-state index contributed by atoms with van der Waals surface area (Å²) in [6.45, 7) is 1.27. The first-order valence-electron chi connectivity index (χ1n) is 3.83. The van der Waals surface area contributed by atoms with Crippen LogP contribution in [0.3, 0.4) is 0 Å².